The van der Waals surface area contributed by atoms with Gasteiger partial charge in [0.25, 0.3) is 0 Å². The molecule has 5 aliphatic rings. The second-order valence-electron chi connectivity index (χ2n) is 8.13. The van der Waals surface area contributed by atoms with Gasteiger partial charge in [0.1, 0.15) is 0 Å². The Hall–Kier alpha value is -1.97. The lowest BCUT2D eigenvalue weighted by Crippen LogP contribution is -2.59. The Balaban J connectivity index is 1.27. The first-order valence-electron chi connectivity index (χ1n) is 9.07. The number of hydrogen-bond donors (Lipinski definition) is 1. The summed E-state index contributed by atoms with van der Waals surface area (Å²) in [5.41, 5.74) is 1.03. The van der Waals surface area contributed by atoms with E-state index in [2.05, 4.69) is 5.32 Å². The highest BCUT2D eigenvalue weighted by atomic mass is 16.7. The molecule has 0 unspecified atom stereocenters. The fourth-order valence-electron chi connectivity index (χ4n) is 5.76. The summed E-state index contributed by atoms with van der Waals surface area (Å²) in [6.07, 6.45) is 11.2. The molecule has 4 saturated carbocycles. The van der Waals surface area contributed by atoms with Crippen LogP contribution in [0, 0.1) is 17.8 Å². The number of fused-ring (bicyclic) bond motifs is 1. The van der Waals surface area contributed by atoms with E-state index in [1.54, 1.807) is 6.08 Å². The number of hydrogen-bond acceptors (Lipinski definition) is 3. The molecule has 4 heteroatoms. The lowest BCUT2D eigenvalue weighted by Gasteiger charge is -2.56. The monoisotopic (exact) mass is 325 g/mol. The molecule has 4 fully saturated rings. The number of carbonyl (C=O) groups is 1. The molecule has 1 aromatic carbocycles. The first kappa shape index (κ1) is 14.4. The number of amides is 1. The van der Waals surface area contributed by atoms with Crippen LogP contribution in [0.4, 0.5) is 0 Å². The lowest BCUT2D eigenvalue weighted by molar-refractivity contribution is -0.122. The van der Waals surface area contributed by atoms with Gasteiger partial charge in [-0.05, 0) is 80.1 Å². The van der Waals surface area contributed by atoms with Crippen molar-refractivity contribution in [1.82, 2.24) is 5.32 Å². The minimum Gasteiger partial charge on any atom is -0.454 e. The van der Waals surface area contributed by atoms with Gasteiger partial charge >= 0.3 is 0 Å². The molecule has 6 rings (SSSR count). The van der Waals surface area contributed by atoms with Crippen molar-refractivity contribution in [1.29, 1.82) is 0 Å². The Kier molecular flexibility index (Phi) is 3.15. The third kappa shape index (κ3) is 2.48. The summed E-state index contributed by atoms with van der Waals surface area (Å²) in [6.45, 7) is 0.273. The molecular weight excluding hydrogens is 302 g/mol. The molecule has 4 aliphatic carbocycles. The Morgan fingerprint density at radius 1 is 1.04 bits per heavy atom. The predicted octanol–water partition coefficient (Wildman–Crippen LogP) is 3.51. The van der Waals surface area contributed by atoms with Crippen LogP contribution < -0.4 is 14.8 Å². The van der Waals surface area contributed by atoms with E-state index in [-0.39, 0.29) is 18.2 Å². The van der Waals surface area contributed by atoms with Crippen molar-refractivity contribution in [2.24, 2.45) is 17.8 Å². The van der Waals surface area contributed by atoms with Gasteiger partial charge in [0.2, 0.25) is 12.7 Å². The van der Waals surface area contributed by atoms with Gasteiger partial charge in [0.05, 0.1) is 0 Å². The van der Waals surface area contributed by atoms with E-state index in [1.165, 1.54) is 38.5 Å². The normalized spacial score (nSPS) is 35.6. The van der Waals surface area contributed by atoms with Gasteiger partial charge in [0.15, 0.2) is 11.5 Å². The van der Waals surface area contributed by atoms with Crippen LogP contribution in [0.1, 0.15) is 44.1 Å². The third-order valence-electron chi connectivity index (χ3n) is 6.25. The van der Waals surface area contributed by atoms with E-state index < -0.39 is 0 Å². The molecule has 0 spiro atoms. The lowest BCUT2D eigenvalue weighted by atomic mass is 9.53. The van der Waals surface area contributed by atoms with Crippen molar-refractivity contribution < 1.29 is 14.3 Å². The van der Waals surface area contributed by atoms with Crippen molar-refractivity contribution in [3.63, 3.8) is 0 Å². The maximum Gasteiger partial charge on any atom is 0.244 e. The summed E-state index contributed by atoms with van der Waals surface area (Å²) in [6, 6.07) is 5.75. The summed E-state index contributed by atoms with van der Waals surface area (Å²) < 4.78 is 10.7. The number of carbonyl (C=O) groups excluding carboxylic acids is 1. The summed E-state index contributed by atoms with van der Waals surface area (Å²) >= 11 is 0. The Bertz CT molecular complexity index is 674. The average Bonchev–Trinajstić information content (AvgIpc) is 2.98. The van der Waals surface area contributed by atoms with Gasteiger partial charge in [-0.15, -0.1) is 0 Å². The molecule has 0 saturated heterocycles. The molecule has 1 amide bonds. The van der Waals surface area contributed by atoms with E-state index in [0.29, 0.717) is 0 Å². The molecular formula is C20H23NO3. The van der Waals surface area contributed by atoms with Crippen LogP contribution in [0.5, 0.6) is 11.5 Å². The summed E-state index contributed by atoms with van der Waals surface area (Å²) in [7, 11) is 0. The maximum absolute atomic E-state index is 12.5. The minimum atomic E-state index is 0.0367. The Morgan fingerprint density at radius 2 is 1.71 bits per heavy atom. The van der Waals surface area contributed by atoms with E-state index in [1.807, 2.05) is 24.3 Å². The zero-order chi connectivity index (χ0) is 16.1. The standard InChI is InChI=1S/C20H23NO3/c22-19(4-2-13-1-3-17-18(8-13)24-12-23-17)21-20-9-14-5-15(10-20)7-16(6-14)11-20/h1-4,8,14-16H,5-7,9-12H2,(H,21,22). The molecule has 0 radical (unpaired) electrons. The van der Waals surface area contributed by atoms with Crippen molar-refractivity contribution in [2.75, 3.05) is 6.79 Å². The fraction of sp³-hybridized carbons (Fsp3) is 0.550. The van der Waals surface area contributed by atoms with Gasteiger partial charge in [0, 0.05) is 11.6 Å². The van der Waals surface area contributed by atoms with Crippen LogP contribution in [0.25, 0.3) is 6.08 Å². The molecule has 1 N–H and O–H groups in total. The fourth-order valence-corrected chi connectivity index (χ4v) is 5.76. The van der Waals surface area contributed by atoms with Gasteiger partial charge in [-0.1, -0.05) is 6.07 Å². The highest BCUT2D eigenvalue weighted by molar-refractivity contribution is 5.92. The highest BCUT2D eigenvalue weighted by Gasteiger charge is 2.51. The van der Waals surface area contributed by atoms with Gasteiger partial charge in [-0.3, -0.25) is 4.79 Å². The molecule has 1 aromatic rings. The second-order valence-corrected chi connectivity index (χ2v) is 8.13. The molecule has 126 valence electrons. The molecule has 24 heavy (non-hydrogen) atoms. The van der Waals surface area contributed by atoms with E-state index >= 15 is 0 Å². The zero-order valence-electron chi connectivity index (χ0n) is 13.8. The van der Waals surface area contributed by atoms with Crippen LogP contribution >= 0.6 is 0 Å². The van der Waals surface area contributed by atoms with Crippen LogP contribution in [0.2, 0.25) is 0 Å². The number of nitrogens with one attached hydrogen (secondary N) is 1. The second kappa shape index (κ2) is 5.27. The van der Waals surface area contributed by atoms with Gasteiger partial charge in [-0.25, -0.2) is 0 Å². The van der Waals surface area contributed by atoms with E-state index in [4.69, 9.17) is 9.47 Å². The molecule has 0 atom stereocenters. The number of rotatable bonds is 3. The minimum absolute atomic E-state index is 0.0367. The first-order chi connectivity index (χ1) is 11.7. The molecule has 4 bridgehead atoms. The SMILES string of the molecule is O=C(C=Cc1ccc2c(c1)OCO2)NC12CC3CC(CC(C3)C1)C2. The van der Waals surface area contributed by atoms with E-state index in [0.717, 1.165) is 34.8 Å². The quantitative estimate of drug-likeness (QED) is 0.865. The van der Waals surface area contributed by atoms with Crippen molar-refractivity contribution in [3.05, 3.63) is 29.8 Å². The van der Waals surface area contributed by atoms with E-state index in [9.17, 15) is 4.79 Å². The summed E-state index contributed by atoms with van der Waals surface area (Å²) in [4.78, 5) is 12.5. The van der Waals surface area contributed by atoms with Crippen molar-refractivity contribution >= 4 is 12.0 Å². The van der Waals surface area contributed by atoms with Gasteiger partial charge < -0.3 is 14.8 Å². The van der Waals surface area contributed by atoms with Gasteiger partial charge in [-0.2, -0.15) is 0 Å². The molecule has 0 aromatic heterocycles. The van der Waals surface area contributed by atoms with Crippen LogP contribution in [-0.2, 0) is 4.79 Å². The van der Waals surface area contributed by atoms with Crippen LogP contribution in [-0.4, -0.2) is 18.2 Å². The van der Waals surface area contributed by atoms with Crippen LogP contribution in [0.3, 0.4) is 0 Å². The third-order valence-corrected chi connectivity index (χ3v) is 6.25. The average molecular weight is 325 g/mol. The Morgan fingerprint density at radius 3 is 2.42 bits per heavy atom. The van der Waals surface area contributed by atoms with Crippen molar-refractivity contribution in [2.45, 2.75) is 44.1 Å². The molecule has 4 nitrogen and oxygen atoms in total. The number of benzene rings is 1. The number of ether oxygens (including phenoxy) is 2. The highest BCUT2D eigenvalue weighted by Crippen LogP contribution is 2.55. The van der Waals surface area contributed by atoms with Crippen LogP contribution in [0.15, 0.2) is 24.3 Å². The largest absolute Gasteiger partial charge is 0.454 e. The zero-order valence-corrected chi connectivity index (χ0v) is 13.8. The van der Waals surface area contributed by atoms with Crippen molar-refractivity contribution in [3.8, 4) is 11.5 Å². The maximum atomic E-state index is 12.5. The molecule has 1 heterocycles. The Labute approximate surface area is 142 Å². The topological polar surface area (TPSA) is 47.6 Å². The smallest absolute Gasteiger partial charge is 0.244 e. The summed E-state index contributed by atoms with van der Waals surface area (Å²) in [5.74, 6) is 4.08. The first-order valence-corrected chi connectivity index (χ1v) is 9.07. The summed E-state index contributed by atoms with van der Waals surface area (Å²) in [5, 5.41) is 3.37. The predicted molar refractivity (Wildman–Crippen MR) is 90.6 cm³/mol. The molecule has 1 aliphatic heterocycles.